The minimum atomic E-state index is -0.284. The average Bonchev–Trinajstić information content (AvgIpc) is 2.44. The second-order valence-electron chi connectivity index (χ2n) is 4.49. The van der Waals surface area contributed by atoms with Crippen LogP contribution in [0.25, 0.3) is 0 Å². The number of phenols is 1. The first-order chi connectivity index (χ1) is 9.60. The number of nitriles is 1. The molecule has 20 heavy (non-hydrogen) atoms. The van der Waals surface area contributed by atoms with Gasteiger partial charge in [-0.25, -0.2) is 0 Å². The maximum absolute atomic E-state index is 12.0. The predicted molar refractivity (Wildman–Crippen MR) is 76.6 cm³/mol. The molecule has 0 aliphatic heterocycles. The summed E-state index contributed by atoms with van der Waals surface area (Å²) in [6.07, 6.45) is 0.347. The number of nitrogens with zero attached hydrogens (tertiary/aromatic N) is 1. The normalized spacial score (nSPS) is 9.80. The lowest BCUT2D eigenvalue weighted by molar-refractivity contribution is 0.102. The number of benzene rings is 2. The second-order valence-corrected chi connectivity index (χ2v) is 4.49. The minimum Gasteiger partial charge on any atom is -0.508 e. The number of aromatic hydroxyl groups is 1. The molecule has 2 N–H and O–H groups in total. The SMILES string of the molecule is Cc1ccc(C(=O)Nc2ccc(CC#N)cc2)cc1O. The van der Waals surface area contributed by atoms with E-state index < -0.39 is 0 Å². The highest BCUT2D eigenvalue weighted by Gasteiger charge is 2.08. The van der Waals surface area contributed by atoms with Crippen molar-refractivity contribution < 1.29 is 9.90 Å². The number of hydrogen-bond donors (Lipinski definition) is 2. The van der Waals surface area contributed by atoms with Crippen LogP contribution in [0.5, 0.6) is 5.75 Å². The Morgan fingerprint density at radius 2 is 1.95 bits per heavy atom. The monoisotopic (exact) mass is 266 g/mol. The highest BCUT2D eigenvalue weighted by Crippen LogP contribution is 2.18. The molecule has 0 unspecified atom stereocenters. The highest BCUT2D eigenvalue weighted by molar-refractivity contribution is 6.04. The van der Waals surface area contributed by atoms with Gasteiger partial charge in [0.25, 0.3) is 5.91 Å². The Hall–Kier alpha value is -2.80. The van der Waals surface area contributed by atoms with Gasteiger partial charge in [0.1, 0.15) is 5.75 Å². The molecule has 0 aliphatic rings. The molecule has 0 saturated carbocycles. The number of carbonyl (C=O) groups excluding carboxylic acids is 1. The zero-order valence-electron chi connectivity index (χ0n) is 11.1. The first-order valence-electron chi connectivity index (χ1n) is 6.17. The van der Waals surface area contributed by atoms with Gasteiger partial charge in [-0.2, -0.15) is 5.26 Å². The van der Waals surface area contributed by atoms with Gasteiger partial charge in [-0.05, 0) is 42.3 Å². The topological polar surface area (TPSA) is 73.1 Å². The van der Waals surface area contributed by atoms with Crippen molar-refractivity contribution in [1.82, 2.24) is 0 Å². The molecular formula is C16H14N2O2. The van der Waals surface area contributed by atoms with Crippen LogP contribution < -0.4 is 5.32 Å². The zero-order chi connectivity index (χ0) is 14.5. The molecule has 2 rings (SSSR count). The number of amides is 1. The number of rotatable bonds is 3. The molecule has 2 aromatic rings. The number of phenolic OH excluding ortho intramolecular Hbond substituents is 1. The lowest BCUT2D eigenvalue weighted by atomic mass is 10.1. The van der Waals surface area contributed by atoms with E-state index in [1.54, 1.807) is 43.3 Å². The number of anilines is 1. The van der Waals surface area contributed by atoms with Crippen LogP contribution in [0.3, 0.4) is 0 Å². The van der Waals surface area contributed by atoms with Crippen LogP contribution in [0.4, 0.5) is 5.69 Å². The molecule has 4 heteroatoms. The van der Waals surface area contributed by atoms with E-state index in [-0.39, 0.29) is 11.7 Å². The fraction of sp³-hybridized carbons (Fsp3) is 0.125. The van der Waals surface area contributed by atoms with Gasteiger partial charge in [-0.1, -0.05) is 18.2 Å². The average molecular weight is 266 g/mol. The molecule has 1 amide bonds. The van der Waals surface area contributed by atoms with Crippen LogP contribution in [-0.4, -0.2) is 11.0 Å². The lowest BCUT2D eigenvalue weighted by Gasteiger charge is -2.07. The van der Waals surface area contributed by atoms with Crippen LogP contribution >= 0.6 is 0 Å². The molecule has 0 heterocycles. The Morgan fingerprint density at radius 3 is 2.55 bits per heavy atom. The maximum atomic E-state index is 12.0. The molecule has 0 spiro atoms. The largest absolute Gasteiger partial charge is 0.508 e. The van der Waals surface area contributed by atoms with E-state index >= 15 is 0 Å². The Bertz CT molecular complexity index is 670. The molecule has 100 valence electrons. The molecule has 0 radical (unpaired) electrons. The van der Waals surface area contributed by atoms with Gasteiger partial charge < -0.3 is 10.4 Å². The molecule has 4 nitrogen and oxygen atoms in total. The van der Waals surface area contributed by atoms with Crippen molar-refractivity contribution in [1.29, 1.82) is 5.26 Å². The predicted octanol–water partition coefficient (Wildman–Crippen LogP) is 3.02. The van der Waals surface area contributed by atoms with E-state index in [0.29, 0.717) is 17.7 Å². The summed E-state index contributed by atoms with van der Waals surface area (Å²) in [6.45, 7) is 1.77. The van der Waals surface area contributed by atoms with Crippen molar-refractivity contribution in [2.24, 2.45) is 0 Å². The summed E-state index contributed by atoms with van der Waals surface area (Å²) in [6, 6.07) is 14.0. The third-order valence-corrected chi connectivity index (χ3v) is 2.97. The van der Waals surface area contributed by atoms with E-state index in [1.807, 2.05) is 0 Å². The van der Waals surface area contributed by atoms with E-state index in [9.17, 15) is 9.90 Å². The van der Waals surface area contributed by atoms with Crippen LogP contribution in [-0.2, 0) is 6.42 Å². The molecule has 0 aliphatic carbocycles. The van der Waals surface area contributed by atoms with Crippen molar-refractivity contribution in [3.05, 3.63) is 59.2 Å². The Kier molecular flexibility index (Phi) is 4.02. The van der Waals surface area contributed by atoms with Crippen LogP contribution in [0, 0.1) is 18.3 Å². The zero-order valence-corrected chi connectivity index (χ0v) is 11.1. The van der Waals surface area contributed by atoms with Crippen LogP contribution in [0.15, 0.2) is 42.5 Å². The number of hydrogen-bond acceptors (Lipinski definition) is 3. The molecule has 0 saturated heterocycles. The molecule has 2 aromatic carbocycles. The van der Waals surface area contributed by atoms with Gasteiger partial charge in [0.2, 0.25) is 0 Å². The van der Waals surface area contributed by atoms with E-state index in [4.69, 9.17) is 5.26 Å². The van der Waals surface area contributed by atoms with E-state index in [1.165, 1.54) is 6.07 Å². The quantitative estimate of drug-likeness (QED) is 0.896. The third-order valence-electron chi connectivity index (χ3n) is 2.97. The fourth-order valence-corrected chi connectivity index (χ4v) is 1.75. The van der Waals surface area contributed by atoms with Crippen molar-refractivity contribution in [2.75, 3.05) is 5.32 Å². The summed E-state index contributed by atoms with van der Waals surface area (Å²) < 4.78 is 0. The Labute approximate surface area is 117 Å². The highest BCUT2D eigenvalue weighted by atomic mass is 16.3. The van der Waals surface area contributed by atoms with Gasteiger partial charge in [-0.3, -0.25) is 4.79 Å². The minimum absolute atomic E-state index is 0.0991. The molecule has 0 fully saturated rings. The molecule has 0 aromatic heterocycles. The number of aryl methyl sites for hydroxylation is 1. The third kappa shape index (κ3) is 3.15. The Morgan fingerprint density at radius 1 is 1.25 bits per heavy atom. The first kappa shape index (κ1) is 13.6. The van der Waals surface area contributed by atoms with E-state index in [2.05, 4.69) is 11.4 Å². The summed E-state index contributed by atoms with van der Waals surface area (Å²) in [4.78, 5) is 12.0. The summed E-state index contributed by atoms with van der Waals surface area (Å²) in [5, 5.41) is 20.9. The van der Waals surface area contributed by atoms with Crippen LogP contribution in [0.1, 0.15) is 21.5 Å². The smallest absolute Gasteiger partial charge is 0.255 e. The maximum Gasteiger partial charge on any atom is 0.255 e. The van der Waals surface area contributed by atoms with Crippen LogP contribution in [0.2, 0.25) is 0 Å². The van der Waals surface area contributed by atoms with Gasteiger partial charge in [0, 0.05) is 11.3 Å². The number of carbonyl (C=O) groups is 1. The summed E-state index contributed by atoms with van der Waals surface area (Å²) in [7, 11) is 0. The van der Waals surface area contributed by atoms with Gasteiger partial charge in [-0.15, -0.1) is 0 Å². The summed E-state index contributed by atoms with van der Waals surface area (Å²) in [5.41, 5.74) is 2.67. The Balaban J connectivity index is 2.11. The lowest BCUT2D eigenvalue weighted by Crippen LogP contribution is -2.11. The molecule has 0 atom stereocenters. The second kappa shape index (κ2) is 5.89. The first-order valence-corrected chi connectivity index (χ1v) is 6.17. The van der Waals surface area contributed by atoms with Gasteiger partial charge in [0.15, 0.2) is 0 Å². The summed E-state index contributed by atoms with van der Waals surface area (Å²) in [5.74, 6) is -0.185. The summed E-state index contributed by atoms with van der Waals surface area (Å²) >= 11 is 0. The van der Waals surface area contributed by atoms with Crippen molar-refractivity contribution in [3.63, 3.8) is 0 Å². The van der Waals surface area contributed by atoms with Crippen molar-refractivity contribution in [2.45, 2.75) is 13.3 Å². The standard InChI is InChI=1S/C16H14N2O2/c1-11-2-5-13(10-15(11)19)16(20)18-14-6-3-12(4-7-14)8-9-17/h2-7,10,19H,8H2,1H3,(H,18,20). The number of nitrogens with one attached hydrogen (secondary N) is 1. The van der Waals surface area contributed by atoms with Gasteiger partial charge >= 0.3 is 0 Å². The molecular weight excluding hydrogens is 252 g/mol. The van der Waals surface area contributed by atoms with E-state index in [0.717, 1.165) is 11.1 Å². The molecule has 0 bridgehead atoms. The van der Waals surface area contributed by atoms with Crippen molar-refractivity contribution >= 4 is 11.6 Å². The fourth-order valence-electron chi connectivity index (χ4n) is 1.75. The van der Waals surface area contributed by atoms with Gasteiger partial charge in [0.05, 0.1) is 12.5 Å². The van der Waals surface area contributed by atoms with Crippen molar-refractivity contribution in [3.8, 4) is 11.8 Å².